The summed E-state index contributed by atoms with van der Waals surface area (Å²) in [6, 6.07) is 6.14. The summed E-state index contributed by atoms with van der Waals surface area (Å²) in [6.45, 7) is 1.83. The van der Waals surface area contributed by atoms with Crippen LogP contribution in [-0.4, -0.2) is 9.97 Å². The Morgan fingerprint density at radius 1 is 1.11 bits per heavy atom. The van der Waals surface area contributed by atoms with Crippen LogP contribution in [0.4, 0.5) is 4.39 Å². The second-order valence-corrected chi connectivity index (χ2v) is 4.49. The van der Waals surface area contributed by atoms with Crippen LogP contribution >= 0.6 is 23.2 Å². The molecule has 2 rings (SSSR count). The minimum Gasteiger partial charge on any atom is -0.234 e. The molecule has 0 bridgehead atoms. The topological polar surface area (TPSA) is 25.8 Å². The molecule has 0 saturated carbocycles. The molecule has 1 aromatic carbocycles. The largest absolute Gasteiger partial charge is 0.234 e. The van der Waals surface area contributed by atoms with Gasteiger partial charge >= 0.3 is 0 Å². The van der Waals surface area contributed by atoms with Crippen molar-refractivity contribution < 1.29 is 4.39 Å². The lowest BCUT2D eigenvalue weighted by molar-refractivity contribution is 0.628. The normalized spacial score (nSPS) is 11.1. The molecule has 0 atom stereocenters. The zero-order chi connectivity index (χ0) is 13.1. The fraction of sp³-hybridized carbons (Fsp3) is 0.0769. The summed E-state index contributed by atoms with van der Waals surface area (Å²) in [6.07, 6.45) is 3.44. The van der Waals surface area contributed by atoms with E-state index in [0.717, 1.165) is 11.3 Å². The number of hydrogen-bond donors (Lipinski definition) is 0. The summed E-state index contributed by atoms with van der Waals surface area (Å²) < 4.78 is 13.0. The van der Waals surface area contributed by atoms with Crippen LogP contribution in [0.15, 0.2) is 24.3 Å². The quantitative estimate of drug-likeness (QED) is 0.763. The number of halogens is 3. The van der Waals surface area contributed by atoms with E-state index in [1.54, 1.807) is 24.3 Å². The average molecular weight is 283 g/mol. The molecule has 0 radical (unpaired) electrons. The number of aryl methyl sites for hydroxylation is 1. The van der Waals surface area contributed by atoms with Gasteiger partial charge in [0.1, 0.15) is 11.0 Å². The molecule has 92 valence electrons. The van der Waals surface area contributed by atoms with Gasteiger partial charge < -0.3 is 0 Å². The Labute approximate surface area is 114 Å². The lowest BCUT2D eigenvalue weighted by Gasteiger charge is -1.98. The van der Waals surface area contributed by atoms with E-state index in [9.17, 15) is 4.39 Å². The average Bonchev–Trinajstić information content (AvgIpc) is 2.29. The summed E-state index contributed by atoms with van der Waals surface area (Å²) in [7, 11) is 0. The van der Waals surface area contributed by atoms with Crippen molar-refractivity contribution in [1.82, 2.24) is 9.97 Å². The Hall–Kier alpha value is -1.45. The van der Waals surface area contributed by atoms with Gasteiger partial charge in [-0.2, -0.15) is 0 Å². The number of benzene rings is 1. The molecule has 0 aliphatic heterocycles. The molecule has 2 aromatic rings. The zero-order valence-corrected chi connectivity index (χ0v) is 11.0. The van der Waals surface area contributed by atoms with Crippen LogP contribution < -0.4 is 0 Å². The molecule has 0 saturated heterocycles. The van der Waals surface area contributed by atoms with Crippen LogP contribution in [-0.2, 0) is 0 Å². The molecule has 18 heavy (non-hydrogen) atoms. The minimum atomic E-state index is -0.441. The third kappa shape index (κ3) is 3.28. The lowest BCUT2D eigenvalue weighted by atomic mass is 10.2. The van der Waals surface area contributed by atoms with Crippen molar-refractivity contribution in [3.05, 3.63) is 57.3 Å². The molecular formula is C13H9Cl2FN2. The van der Waals surface area contributed by atoms with E-state index < -0.39 is 5.82 Å². The van der Waals surface area contributed by atoms with E-state index in [1.807, 2.05) is 6.92 Å². The monoisotopic (exact) mass is 282 g/mol. The Morgan fingerprint density at radius 3 is 2.56 bits per heavy atom. The second-order valence-electron chi connectivity index (χ2n) is 3.70. The molecule has 0 amide bonds. The van der Waals surface area contributed by atoms with Gasteiger partial charge in [-0.15, -0.1) is 0 Å². The maximum Gasteiger partial charge on any atom is 0.153 e. The Kier molecular flexibility index (Phi) is 3.94. The first-order valence-electron chi connectivity index (χ1n) is 5.19. The molecule has 0 aliphatic carbocycles. The van der Waals surface area contributed by atoms with Gasteiger partial charge in [-0.1, -0.05) is 35.3 Å². The van der Waals surface area contributed by atoms with Gasteiger partial charge in [-0.3, -0.25) is 0 Å². The van der Waals surface area contributed by atoms with Gasteiger partial charge in [0.25, 0.3) is 0 Å². The fourth-order valence-corrected chi connectivity index (χ4v) is 1.85. The van der Waals surface area contributed by atoms with E-state index in [-0.39, 0.29) is 5.02 Å². The van der Waals surface area contributed by atoms with E-state index in [4.69, 9.17) is 23.2 Å². The summed E-state index contributed by atoms with van der Waals surface area (Å²) >= 11 is 11.5. The minimum absolute atomic E-state index is 0.0837. The van der Waals surface area contributed by atoms with E-state index in [0.29, 0.717) is 11.0 Å². The molecule has 1 aromatic heterocycles. The van der Waals surface area contributed by atoms with Crippen molar-refractivity contribution in [3.63, 3.8) is 0 Å². The molecule has 0 aliphatic rings. The van der Waals surface area contributed by atoms with Gasteiger partial charge in [0.05, 0.1) is 5.02 Å². The highest BCUT2D eigenvalue weighted by atomic mass is 35.5. The van der Waals surface area contributed by atoms with Crippen molar-refractivity contribution in [2.24, 2.45) is 0 Å². The Morgan fingerprint density at radius 2 is 1.89 bits per heavy atom. The van der Waals surface area contributed by atoms with Crippen molar-refractivity contribution in [2.45, 2.75) is 6.92 Å². The number of nitrogens with zero attached hydrogens (tertiary/aromatic N) is 2. The van der Waals surface area contributed by atoms with E-state index in [2.05, 4.69) is 9.97 Å². The fourth-order valence-electron chi connectivity index (χ4n) is 1.41. The summed E-state index contributed by atoms with van der Waals surface area (Å²) in [5.74, 6) is 0.0594. The highest BCUT2D eigenvalue weighted by Crippen LogP contribution is 2.17. The van der Waals surface area contributed by atoms with Gasteiger partial charge in [0.2, 0.25) is 0 Å². The number of rotatable bonds is 2. The van der Waals surface area contributed by atoms with E-state index >= 15 is 0 Å². The molecule has 5 heteroatoms. The molecule has 0 N–H and O–H groups in total. The van der Waals surface area contributed by atoms with Gasteiger partial charge in [0, 0.05) is 5.69 Å². The molecule has 0 spiro atoms. The molecule has 2 nitrogen and oxygen atoms in total. The van der Waals surface area contributed by atoms with E-state index in [1.165, 1.54) is 12.1 Å². The lowest BCUT2D eigenvalue weighted by Crippen LogP contribution is -1.90. The van der Waals surface area contributed by atoms with Crippen LogP contribution in [0, 0.1) is 12.7 Å². The summed E-state index contributed by atoms with van der Waals surface area (Å²) in [4.78, 5) is 8.25. The van der Waals surface area contributed by atoms with Crippen molar-refractivity contribution in [2.75, 3.05) is 0 Å². The molecule has 1 heterocycles. The van der Waals surface area contributed by atoms with Crippen molar-refractivity contribution >= 4 is 35.4 Å². The third-order valence-corrected chi connectivity index (χ3v) is 2.69. The first-order chi connectivity index (χ1) is 8.54. The summed E-state index contributed by atoms with van der Waals surface area (Å²) in [5, 5.41) is 0.472. The second kappa shape index (κ2) is 5.46. The highest BCUT2D eigenvalue weighted by molar-refractivity contribution is 6.30. The van der Waals surface area contributed by atoms with Crippen molar-refractivity contribution in [3.8, 4) is 0 Å². The third-order valence-electron chi connectivity index (χ3n) is 2.21. The van der Waals surface area contributed by atoms with Crippen LogP contribution in [0.3, 0.4) is 0 Å². The van der Waals surface area contributed by atoms with Crippen LogP contribution in [0.5, 0.6) is 0 Å². The van der Waals surface area contributed by atoms with Gasteiger partial charge in [-0.05, 0) is 36.8 Å². The van der Waals surface area contributed by atoms with Gasteiger partial charge in [0.15, 0.2) is 5.82 Å². The van der Waals surface area contributed by atoms with Crippen molar-refractivity contribution in [1.29, 1.82) is 0 Å². The molecule has 0 unspecified atom stereocenters. The first-order valence-corrected chi connectivity index (χ1v) is 5.94. The van der Waals surface area contributed by atoms with Crippen LogP contribution in [0.2, 0.25) is 10.2 Å². The first kappa shape index (κ1) is 13.0. The predicted octanol–water partition coefficient (Wildman–Crippen LogP) is 4.40. The zero-order valence-electron chi connectivity index (χ0n) is 9.49. The SMILES string of the molecule is Cc1cc(Cl)nc(C=Cc2ccc(F)c(Cl)c2)n1. The molecular weight excluding hydrogens is 274 g/mol. The molecule has 0 fully saturated rings. The van der Waals surface area contributed by atoms with Crippen LogP contribution in [0.25, 0.3) is 12.2 Å². The smallest absolute Gasteiger partial charge is 0.153 e. The number of hydrogen-bond acceptors (Lipinski definition) is 2. The Balaban J connectivity index is 2.27. The standard InChI is InChI=1S/C13H9Cl2FN2/c1-8-6-12(15)18-13(17-8)5-3-9-2-4-11(16)10(14)7-9/h2-7H,1H3. The summed E-state index contributed by atoms with van der Waals surface area (Å²) in [5.41, 5.74) is 1.55. The van der Waals surface area contributed by atoms with Gasteiger partial charge in [-0.25, -0.2) is 14.4 Å². The van der Waals surface area contributed by atoms with Crippen LogP contribution in [0.1, 0.15) is 17.1 Å². The Bertz CT molecular complexity index is 592. The predicted molar refractivity (Wildman–Crippen MR) is 72.1 cm³/mol. The maximum absolute atomic E-state index is 13.0. The number of aromatic nitrogens is 2. The maximum atomic E-state index is 13.0. The highest BCUT2D eigenvalue weighted by Gasteiger charge is 1.99.